The quantitative estimate of drug-likeness (QED) is 0.439. The molecule has 2 aliphatic heterocycles. The van der Waals surface area contributed by atoms with Crippen molar-refractivity contribution in [3.05, 3.63) is 98.2 Å². The molecule has 6 heteroatoms. The van der Waals surface area contributed by atoms with Crippen LogP contribution in [0, 0.1) is 6.92 Å². The van der Waals surface area contributed by atoms with Gasteiger partial charge in [-0.2, -0.15) is 0 Å². The maximum atomic E-state index is 13.0. The SMILES string of the molecule is Cc1ccc(CN2COc3ccc4c(c3C2)O/C(=C\c2c(Cl)cccc2Cl)C4=O)cc1. The number of carbonyl (C=O) groups excluding carboxylic acids is 1. The Balaban J connectivity index is 1.44. The fraction of sp³-hybridized carbons (Fsp3) is 0.160. The highest BCUT2D eigenvalue weighted by atomic mass is 35.5. The summed E-state index contributed by atoms with van der Waals surface area (Å²) in [6.45, 7) is 3.92. The predicted octanol–water partition coefficient (Wildman–Crippen LogP) is 6.27. The van der Waals surface area contributed by atoms with E-state index in [0.29, 0.717) is 40.2 Å². The summed E-state index contributed by atoms with van der Waals surface area (Å²) < 4.78 is 12.0. The summed E-state index contributed by atoms with van der Waals surface area (Å²) in [6, 6.07) is 17.2. The number of fused-ring (bicyclic) bond motifs is 3. The van der Waals surface area contributed by atoms with Gasteiger partial charge in [0.2, 0.25) is 5.78 Å². The molecule has 3 aromatic rings. The van der Waals surface area contributed by atoms with Crippen LogP contribution in [0.25, 0.3) is 6.08 Å². The molecule has 0 unspecified atom stereocenters. The Morgan fingerprint density at radius 2 is 1.77 bits per heavy atom. The summed E-state index contributed by atoms with van der Waals surface area (Å²) in [6.07, 6.45) is 1.60. The second kappa shape index (κ2) is 8.04. The highest BCUT2D eigenvalue weighted by Gasteiger charge is 2.33. The van der Waals surface area contributed by atoms with Crippen molar-refractivity contribution in [2.75, 3.05) is 6.73 Å². The second-order valence-electron chi connectivity index (χ2n) is 7.74. The number of allylic oxidation sites excluding steroid dienone is 1. The molecule has 0 aliphatic carbocycles. The molecular weight excluding hydrogens is 433 g/mol. The minimum absolute atomic E-state index is 0.190. The number of hydrogen-bond acceptors (Lipinski definition) is 4. The molecule has 0 bridgehead atoms. The topological polar surface area (TPSA) is 38.8 Å². The van der Waals surface area contributed by atoms with Gasteiger partial charge in [-0.3, -0.25) is 9.69 Å². The van der Waals surface area contributed by atoms with Crippen molar-refractivity contribution >= 4 is 35.1 Å². The molecule has 0 saturated heterocycles. The lowest BCUT2D eigenvalue weighted by Crippen LogP contribution is -2.31. The average molecular weight is 452 g/mol. The number of hydrogen-bond donors (Lipinski definition) is 0. The van der Waals surface area contributed by atoms with E-state index >= 15 is 0 Å². The molecule has 0 N–H and O–H groups in total. The average Bonchev–Trinajstić information content (AvgIpc) is 3.08. The van der Waals surface area contributed by atoms with Gasteiger partial charge in [-0.1, -0.05) is 59.1 Å². The molecule has 2 aliphatic rings. The van der Waals surface area contributed by atoms with Gasteiger partial charge in [0.1, 0.15) is 18.2 Å². The van der Waals surface area contributed by atoms with Gasteiger partial charge < -0.3 is 9.47 Å². The van der Waals surface area contributed by atoms with E-state index in [1.165, 1.54) is 11.1 Å². The largest absolute Gasteiger partial charge is 0.478 e. The van der Waals surface area contributed by atoms with E-state index in [1.807, 2.05) is 6.07 Å². The zero-order chi connectivity index (χ0) is 21.5. The fourth-order valence-electron chi connectivity index (χ4n) is 3.84. The third kappa shape index (κ3) is 3.83. The van der Waals surface area contributed by atoms with Crippen LogP contribution in [0.4, 0.5) is 0 Å². The molecule has 0 saturated carbocycles. The number of ether oxygens (including phenoxy) is 2. The maximum absolute atomic E-state index is 13.0. The van der Waals surface area contributed by atoms with E-state index in [4.69, 9.17) is 32.7 Å². The van der Waals surface area contributed by atoms with Crippen molar-refractivity contribution in [1.29, 1.82) is 0 Å². The third-order valence-corrected chi connectivity index (χ3v) is 6.14. The van der Waals surface area contributed by atoms with Crippen molar-refractivity contribution in [3.8, 4) is 11.5 Å². The normalized spacial score (nSPS) is 16.6. The Hall–Kier alpha value is -2.79. The minimum atomic E-state index is -0.190. The van der Waals surface area contributed by atoms with Gasteiger partial charge in [-0.15, -0.1) is 0 Å². The summed E-state index contributed by atoms with van der Waals surface area (Å²) >= 11 is 12.5. The molecule has 0 aromatic heterocycles. The van der Waals surface area contributed by atoms with Crippen LogP contribution in [0.15, 0.2) is 60.4 Å². The predicted molar refractivity (Wildman–Crippen MR) is 122 cm³/mol. The Morgan fingerprint density at radius 3 is 2.52 bits per heavy atom. The summed E-state index contributed by atoms with van der Waals surface area (Å²) in [5, 5.41) is 0.920. The zero-order valence-corrected chi connectivity index (χ0v) is 18.3. The highest BCUT2D eigenvalue weighted by molar-refractivity contribution is 6.37. The van der Waals surface area contributed by atoms with E-state index in [9.17, 15) is 4.79 Å². The first-order chi connectivity index (χ1) is 15.0. The number of aryl methyl sites for hydroxylation is 1. The van der Waals surface area contributed by atoms with Crippen molar-refractivity contribution < 1.29 is 14.3 Å². The van der Waals surface area contributed by atoms with Gasteiger partial charge in [0, 0.05) is 28.7 Å². The molecule has 31 heavy (non-hydrogen) atoms. The lowest BCUT2D eigenvalue weighted by Gasteiger charge is -2.29. The van der Waals surface area contributed by atoms with Crippen molar-refractivity contribution in [2.24, 2.45) is 0 Å². The summed E-state index contributed by atoms with van der Waals surface area (Å²) in [5.74, 6) is 1.30. The van der Waals surface area contributed by atoms with Crippen LogP contribution in [-0.4, -0.2) is 17.4 Å². The molecule has 4 nitrogen and oxygen atoms in total. The summed E-state index contributed by atoms with van der Waals surface area (Å²) in [4.78, 5) is 15.2. The van der Waals surface area contributed by atoms with Crippen molar-refractivity contribution in [3.63, 3.8) is 0 Å². The number of halogens is 2. The van der Waals surface area contributed by atoms with Crippen molar-refractivity contribution in [1.82, 2.24) is 4.90 Å². The molecule has 0 spiro atoms. The molecule has 5 rings (SSSR count). The van der Waals surface area contributed by atoms with E-state index in [0.717, 1.165) is 17.9 Å². The number of rotatable bonds is 3. The van der Waals surface area contributed by atoms with Gasteiger partial charge in [0.05, 0.1) is 11.1 Å². The van der Waals surface area contributed by atoms with Gasteiger partial charge in [-0.05, 0) is 42.8 Å². The van der Waals surface area contributed by atoms with Gasteiger partial charge in [0.25, 0.3) is 0 Å². The molecule has 0 atom stereocenters. The molecule has 0 radical (unpaired) electrons. The molecule has 0 fully saturated rings. The number of carbonyl (C=O) groups is 1. The highest BCUT2D eigenvalue weighted by Crippen LogP contribution is 2.42. The monoisotopic (exact) mass is 451 g/mol. The minimum Gasteiger partial charge on any atom is -0.478 e. The Kier molecular flexibility index (Phi) is 5.22. The van der Waals surface area contributed by atoms with Crippen LogP contribution in [-0.2, 0) is 13.1 Å². The van der Waals surface area contributed by atoms with E-state index in [2.05, 4.69) is 36.1 Å². The van der Waals surface area contributed by atoms with Crippen LogP contribution < -0.4 is 9.47 Å². The van der Waals surface area contributed by atoms with E-state index < -0.39 is 0 Å². The first-order valence-corrected chi connectivity index (χ1v) is 10.7. The molecular formula is C25H19Cl2NO3. The van der Waals surface area contributed by atoms with Crippen molar-refractivity contribution in [2.45, 2.75) is 20.0 Å². The van der Waals surface area contributed by atoms with Crippen LogP contribution in [0.3, 0.4) is 0 Å². The molecule has 0 amide bonds. The number of Topliss-reactive ketones (excluding diaryl/α,β-unsaturated/α-hetero) is 1. The van der Waals surface area contributed by atoms with Gasteiger partial charge in [0.15, 0.2) is 5.76 Å². The molecule has 3 aromatic carbocycles. The summed E-state index contributed by atoms with van der Waals surface area (Å²) in [7, 11) is 0. The number of ketones is 1. The lowest BCUT2D eigenvalue weighted by atomic mass is 10.0. The molecule has 2 heterocycles. The number of benzene rings is 3. The smallest absolute Gasteiger partial charge is 0.231 e. The number of nitrogens with zero attached hydrogens (tertiary/aromatic N) is 1. The van der Waals surface area contributed by atoms with Crippen LogP contribution in [0.5, 0.6) is 11.5 Å². The second-order valence-corrected chi connectivity index (χ2v) is 8.55. The van der Waals surface area contributed by atoms with Gasteiger partial charge >= 0.3 is 0 Å². The Labute approximate surface area is 190 Å². The third-order valence-electron chi connectivity index (χ3n) is 5.48. The Bertz CT molecular complexity index is 1200. The first kappa shape index (κ1) is 20.1. The summed E-state index contributed by atoms with van der Waals surface area (Å²) in [5.41, 5.74) is 4.39. The van der Waals surface area contributed by atoms with Crippen LogP contribution in [0.2, 0.25) is 10.0 Å². The molecule has 156 valence electrons. The van der Waals surface area contributed by atoms with Crippen LogP contribution in [0.1, 0.15) is 32.6 Å². The first-order valence-electron chi connectivity index (χ1n) is 9.94. The van der Waals surface area contributed by atoms with E-state index in [-0.39, 0.29) is 11.5 Å². The van der Waals surface area contributed by atoms with Crippen LogP contribution >= 0.6 is 23.2 Å². The van der Waals surface area contributed by atoms with Gasteiger partial charge in [-0.25, -0.2) is 0 Å². The fourth-order valence-corrected chi connectivity index (χ4v) is 4.34. The standard InChI is InChI=1S/C25H19Cl2NO3/c1-15-5-7-16(8-6-15)12-28-13-19-22(30-14-28)10-9-17-24(29)23(31-25(17)19)11-18-20(26)3-2-4-21(18)27/h2-11H,12-14H2,1H3/b23-11-. The lowest BCUT2D eigenvalue weighted by molar-refractivity contribution is 0.0873. The van der Waals surface area contributed by atoms with E-state index in [1.54, 1.807) is 30.3 Å². The zero-order valence-electron chi connectivity index (χ0n) is 16.8. The Morgan fingerprint density at radius 1 is 1.03 bits per heavy atom. The maximum Gasteiger partial charge on any atom is 0.231 e.